The lowest BCUT2D eigenvalue weighted by Crippen LogP contribution is -1.97. The van der Waals surface area contributed by atoms with Crippen molar-refractivity contribution in [2.24, 2.45) is 0 Å². The number of halogens is 1. The topological polar surface area (TPSA) is 106 Å². The van der Waals surface area contributed by atoms with Gasteiger partial charge in [-0.1, -0.05) is 42.5 Å². The van der Waals surface area contributed by atoms with E-state index in [1.807, 2.05) is 59.0 Å². The highest BCUT2D eigenvalue weighted by Gasteiger charge is 2.04. The molecule has 0 saturated heterocycles. The number of hydrogen-bond acceptors (Lipinski definition) is 2. The standard InChI is InChI=1S/C9H10O2.C7H5IO2.H2O/c10-9(11)7-6-8-4-2-1-3-5-8;8-6-4-2-1-3-5(6)7(9)10;/h1-5H,6-7H2,(H,10,11);1-4H,(H,9,10);1H2. The first-order chi connectivity index (χ1) is 10.0. The van der Waals surface area contributed by atoms with Crippen molar-refractivity contribution in [1.82, 2.24) is 0 Å². The van der Waals surface area contributed by atoms with Crippen LogP contribution in [-0.4, -0.2) is 27.6 Å². The Morgan fingerprint density at radius 2 is 1.45 bits per heavy atom. The Labute approximate surface area is 142 Å². The fraction of sp³-hybridized carbons (Fsp3) is 0.125. The van der Waals surface area contributed by atoms with Crippen LogP contribution in [0.15, 0.2) is 54.6 Å². The summed E-state index contributed by atoms with van der Waals surface area (Å²) < 4.78 is 0.771. The zero-order valence-corrected chi connectivity index (χ0v) is 13.9. The van der Waals surface area contributed by atoms with Crippen molar-refractivity contribution in [3.05, 3.63) is 69.3 Å². The molecule has 0 radical (unpaired) electrons. The van der Waals surface area contributed by atoms with Crippen molar-refractivity contribution in [2.45, 2.75) is 12.8 Å². The highest BCUT2D eigenvalue weighted by molar-refractivity contribution is 14.1. The van der Waals surface area contributed by atoms with Crippen LogP contribution < -0.4 is 0 Å². The lowest BCUT2D eigenvalue weighted by molar-refractivity contribution is -0.136. The Kier molecular flexibility index (Phi) is 9.80. The molecule has 2 aromatic carbocycles. The van der Waals surface area contributed by atoms with Gasteiger partial charge in [0.05, 0.1) is 5.56 Å². The van der Waals surface area contributed by atoms with E-state index >= 15 is 0 Å². The molecule has 2 aromatic rings. The molecule has 5 nitrogen and oxygen atoms in total. The van der Waals surface area contributed by atoms with Crippen molar-refractivity contribution < 1.29 is 25.3 Å². The minimum absolute atomic E-state index is 0. The minimum Gasteiger partial charge on any atom is -0.481 e. The molecule has 0 fully saturated rings. The van der Waals surface area contributed by atoms with Crippen LogP contribution in [0.1, 0.15) is 22.3 Å². The van der Waals surface area contributed by atoms with E-state index in [-0.39, 0.29) is 11.9 Å². The molecule has 2 rings (SSSR count). The average Bonchev–Trinajstić information content (AvgIpc) is 2.47. The molecule has 0 atom stereocenters. The largest absolute Gasteiger partial charge is 0.481 e. The molecular formula is C16H17IO5. The van der Waals surface area contributed by atoms with Gasteiger partial charge in [0, 0.05) is 9.99 Å². The van der Waals surface area contributed by atoms with Gasteiger partial charge in [-0.15, -0.1) is 0 Å². The van der Waals surface area contributed by atoms with Gasteiger partial charge >= 0.3 is 11.9 Å². The highest BCUT2D eigenvalue weighted by atomic mass is 127. The van der Waals surface area contributed by atoms with Crippen molar-refractivity contribution in [2.75, 3.05) is 0 Å². The van der Waals surface area contributed by atoms with Crippen LogP contribution in [0, 0.1) is 3.57 Å². The number of carbonyl (C=O) groups is 2. The van der Waals surface area contributed by atoms with Crippen molar-refractivity contribution >= 4 is 34.5 Å². The van der Waals surface area contributed by atoms with E-state index < -0.39 is 11.9 Å². The summed E-state index contributed by atoms with van der Waals surface area (Å²) in [5.41, 5.74) is 1.44. The van der Waals surface area contributed by atoms with Gasteiger partial charge in [0.2, 0.25) is 0 Å². The number of benzene rings is 2. The van der Waals surface area contributed by atoms with Gasteiger partial charge in [-0.05, 0) is 46.7 Å². The van der Waals surface area contributed by atoms with Crippen molar-refractivity contribution in [3.63, 3.8) is 0 Å². The van der Waals surface area contributed by atoms with E-state index in [2.05, 4.69) is 0 Å². The molecule has 0 amide bonds. The van der Waals surface area contributed by atoms with Gasteiger partial charge < -0.3 is 15.7 Å². The molecule has 118 valence electrons. The van der Waals surface area contributed by atoms with Crippen LogP contribution in [0.4, 0.5) is 0 Å². The van der Waals surface area contributed by atoms with Crippen LogP contribution >= 0.6 is 22.6 Å². The molecule has 0 unspecified atom stereocenters. The lowest BCUT2D eigenvalue weighted by Gasteiger charge is -1.95. The van der Waals surface area contributed by atoms with E-state index in [0.717, 1.165) is 9.13 Å². The predicted molar refractivity (Wildman–Crippen MR) is 92.1 cm³/mol. The molecule has 0 aliphatic carbocycles. The molecule has 0 aliphatic rings. The number of carboxylic acids is 2. The van der Waals surface area contributed by atoms with Gasteiger partial charge in [0.15, 0.2) is 0 Å². The summed E-state index contributed by atoms with van der Waals surface area (Å²) in [4.78, 5) is 20.6. The first-order valence-corrected chi connectivity index (χ1v) is 7.32. The fourth-order valence-electron chi connectivity index (χ4n) is 1.53. The third kappa shape index (κ3) is 7.75. The average molecular weight is 416 g/mol. The quantitative estimate of drug-likeness (QED) is 0.748. The second kappa shape index (κ2) is 10.7. The molecular weight excluding hydrogens is 399 g/mol. The Morgan fingerprint density at radius 3 is 1.91 bits per heavy atom. The molecule has 0 saturated carbocycles. The third-order valence-electron chi connectivity index (χ3n) is 2.57. The third-order valence-corrected chi connectivity index (χ3v) is 3.52. The van der Waals surface area contributed by atoms with Gasteiger partial charge in [0.25, 0.3) is 0 Å². The van der Waals surface area contributed by atoms with Crippen molar-refractivity contribution in [1.29, 1.82) is 0 Å². The summed E-state index contributed by atoms with van der Waals surface area (Å²) >= 11 is 1.99. The molecule has 0 heterocycles. The number of rotatable bonds is 4. The SMILES string of the molecule is O.O=C(O)CCc1ccccc1.O=C(O)c1ccccc1I. The predicted octanol–water partition coefficient (Wildman–Crippen LogP) is 2.87. The summed E-state index contributed by atoms with van der Waals surface area (Å²) in [6.07, 6.45) is 0.834. The molecule has 6 heteroatoms. The number of carboxylic acid groups (broad SMARTS) is 2. The molecule has 0 aromatic heterocycles. The summed E-state index contributed by atoms with van der Waals surface area (Å²) in [6, 6.07) is 16.5. The van der Waals surface area contributed by atoms with Crippen molar-refractivity contribution in [3.8, 4) is 0 Å². The Balaban J connectivity index is 0.000000385. The number of aliphatic carboxylic acids is 1. The molecule has 4 N–H and O–H groups in total. The smallest absolute Gasteiger partial charge is 0.336 e. The number of hydrogen-bond donors (Lipinski definition) is 2. The first kappa shape index (κ1) is 20.1. The first-order valence-electron chi connectivity index (χ1n) is 6.24. The van der Waals surface area contributed by atoms with E-state index in [0.29, 0.717) is 12.0 Å². The van der Waals surface area contributed by atoms with Gasteiger partial charge in [-0.2, -0.15) is 0 Å². The highest BCUT2D eigenvalue weighted by Crippen LogP contribution is 2.10. The minimum atomic E-state index is -0.870. The fourth-order valence-corrected chi connectivity index (χ4v) is 2.15. The molecule has 22 heavy (non-hydrogen) atoms. The second-order valence-electron chi connectivity index (χ2n) is 4.16. The maximum atomic E-state index is 10.4. The summed E-state index contributed by atoms with van der Waals surface area (Å²) in [5.74, 6) is -1.61. The number of aromatic carboxylic acids is 1. The summed E-state index contributed by atoms with van der Waals surface area (Å²) in [7, 11) is 0. The molecule has 0 spiro atoms. The number of aryl methyl sites for hydroxylation is 1. The van der Waals surface area contributed by atoms with E-state index in [1.54, 1.807) is 18.2 Å². The maximum absolute atomic E-state index is 10.4. The normalized spacial score (nSPS) is 8.95. The van der Waals surface area contributed by atoms with Gasteiger partial charge in [-0.25, -0.2) is 4.79 Å². The van der Waals surface area contributed by atoms with E-state index in [9.17, 15) is 9.59 Å². The summed E-state index contributed by atoms with van der Waals surface area (Å²) in [5, 5.41) is 16.9. The van der Waals surface area contributed by atoms with Crippen LogP contribution in [0.25, 0.3) is 0 Å². The Bertz CT molecular complexity index is 598. The zero-order valence-electron chi connectivity index (χ0n) is 11.7. The van der Waals surface area contributed by atoms with Gasteiger partial charge in [-0.3, -0.25) is 4.79 Å². The Morgan fingerprint density at radius 1 is 0.909 bits per heavy atom. The van der Waals surface area contributed by atoms with E-state index in [4.69, 9.17) is 10.2 Å². The van der Waals surface area contributed by atoms with Crippen LogP contribution in [-0.2, 0) is 11.2 Å². The molecule has 0 bridgehead atoms. The monoisotopic (exact) mass is 416 g/mol. The lowest BCUT2D eigenvalue weighted by atomic mass is 10.1. The van der Waals surface area contributed by atoms with Gasteiger partial charge in [0.1, 0.15) is 0 Å². The van der Waals surface area contributed by atoms with Crippen LogP contribution in [0.3, 0.4) is 0 Å². The van der Waals surface area contributed by atoms with Crippen LogP contribution in [0.5, 0.6) is 0 Å². The van der Waals surface area contributed by atoms with Crippen LogP contribution in [0.2, 0.25) is 0 Å². The molecule has 0 aliphatic heterocycles. The second-order valence-corrected chi connectivity index (χ2v) is 5.33. The summed E-state index contributed by atoms with van der Waals surface area (Å²) in [6.45, 7) is 0. The zero-order chi connectivity index (χ0) is 15.7. The van der Waals surface area contributed by atoms with E-state index in [1.165, 1.54) is 0 Å². The maximum Gasteiger partial charge on any atom is 0.336 e. The Hall–Kier alpha value is -1.93.